The SMILES string of the molecule is [2H]NCC(N[2H])C(=O)N(CC)CCN(CCNC(=O)CCC(=O)CC)C(=O)C(CN[2H])NC. The molecule has 0 rings (SSSR count). The van der Waals surface area contributed by atoms with Crippen molar-refractivity contribution in [2.75, 3.05) is 52.9 Å². The molecule has 11 nitrogen and oxygen atoms in total. The van der Waals surface area contributed by atoms with E-state index in [-0.39, 0.29) is 75.6 Å². The number of carbonyl (C=O) groups excluding carboxylic acids is 4. The van der Waals surface area contributed by atoms with Crippen molar-refractivity contribution in [2.24, 2.45) is 17.2 Å². The van der Waals surface area contributed by atoms with Crippen LogP contribution in [0.1, 0.15) is 33.1 Å². The first-order chi connectivity index (χ1) is 15.8. The Balaban J connectivity index is 5.11. The number of ketones is 1. The van der Waals surface area contributed by atoms with Gasteiger partial charge in [-0.1, -0.05) is 6.92 Å². The number of Topliss-reactive ketones (excluding diaryl/α,β-unsaturated/α-hetero) is 1. The van der Waals surface area contributed by atoms with Gasteiger partial charge in [-0.05, 0) is 14.0 Å². The highest BCUT2D eigenvalue weighted by Crippen LogP contribution is 2.00. The highest BCUT2D eigenvalue weighted by molar-refractivity contribution is 5.85. The summed E-state index contributed by atoms with van der Waals surface area (Å²) < 4.78 is 21.5. The van der Waals surface area contributed by atoms with Crippen LogP contribution in [-0.2, 0) is 19.2 Å². The maximum absolute atomic E-state index is 13.0. The molecule has 0 fully saturated rings. The van der Waals surface area contributed by atoms with Crippen molar-refractivity contribution in [1.82, 2.24) is 20.4 Å². The first-order valence-corrected chi connectivity index (χ1v) is 10.3. The Morgan fingerprint density at radius 1 is 0.967 bits per heavy atom. The van der Waals surface area contributed by atoms with Gasteiger partial charge in [0.25, 0.3) is 0 Å². The molecule has 3 amide bonds. The lowest BCUT2D eigenvalue weighted by atomic mass is 10.2. The second-order valence-electron chi connectivity index (χ2n) is 6.79. The van der Waals surface area contributed by atoms with Crippen LogP contribution in [0.2, 0.25) is 4.24 Å². The summed E-state index contributed by atoms with van der Waals surface area (Å²) in [5, 5.41) is 5.55. The van der Waals surface area contributed by atoms with Gasteiger partial charge in [0.15, 0.2) is 0 Å². The quantitative estimate of drug-likeness (QED) is 0.147. The summed E-state index contributed by atoms with van der Waals surface area (Å²) in [5.74, 6) is -0.933. The zero-order valence-corrected chi connectivity index (χ0v) is 18.3. The summed E-state index contributed by atoms with van der Waals surface area (Å²) in [5.41, 5.74) is 6.46. The van der Waals surface area contributed by atoms with E-state index in [0.29, 0.717) is 13.0 Å². The largest absolute Gasteiger partial charge is 0.354 e. The topological polar surface area (TPSA) is 177 Å². The summed E-state index contributed by atoms with van der Waals surface area (Å²) >= 11 is 0. The van der Waals surface area contributed by atoms with Crippen LogP contribution in [0.3, 0.4) is 0 Å². The van der Waals surface area contributed by atoms with Crippen LogP contribution >= 0.6 is 0 Å². The van der Waals surface area contributed by atoms with E-state index >= 15 is 0 Å². The van der Waals surface area contributed by atoms with Gasteiger partial charge in [-0.2, -0.15) is 0 Å². The Morgan fingerprint density at radius 2 is 1.67 bits per heavy atom. The van der Waals surface area contributed by atoms with Crippen molar-refractivity contribution in [2.45, 2.75) is 45.2 Å². The molecule has 0 aromatic heterocycles. The lowest BCUT2D eigenvalue weighted by molar-refractivity contribution is -0.136. The summed E-state index contributed by atoms with van der Waals surface area (Å²) in [6, 6.07) is -1.56. The van der Waals surface area contributed by atoms with E-state index in [0.717, 1.165) is 0 Å². The Kier molecular flexibility index (Phi) is 11.8. The van der Waals surface area contributed by atoms with Gasteiger partial charge < -0.3 is 37.6 Å². The first kappa shape index (κ1) is 22.6. The number of likely N-dealkylation sites (N-methyl/N-ethyl adjacent to an activating group) is 2. The predicted molar refractivity (Wildman–Crippen MR) is 115 cm³/mol. The number of nitrogens with one attached hydrogen (secondary N) is 2. The van der Waals surface area contributed by atoms with Crippen LogP contribution in [0.5, 0.6) is 0 Å². The summed E-state index contributed by atoms with van der Waals surface area (Å²) in [6.45, 7) is 4.64. The van der Waals surface area contributed by atoms with Crippen LogP contribution in [0.25, 0.3) is 0 Å². The molecule has 0 saturated carbocycles. The molecule has 0 saturated heterocycles. The molecule has 11 heteroatoms. The van der Waals surface area contributed by atoms with E-state index in [1.807, 2.05) is 0 Å². The normalized spacial score (nSPS) is 14.0. The summed E-state index contributed by atoms with van der Waals surface area (Å²) in [4.78, 5) is 51.9. The highest BCUT2D eigenvalue weighted by Gasteiger charge is 2.24. The number of hydrogen-bond donors (Lipinski definition) is 5. The summed E-state index contributed by atoms with van der Waals surface area (Å²) in [7, 11) is 1.60. The van der Waals surface area contributed by atoms with Gasteiger partial charge in [0, 0.05) is 65.1 Å². The van der Waals surface area contributed by atoms with E-state index < -0.39 is 12.1 Å². The minimum Gasteiger partial charge on any atom is -0.354 e. The molecule has 30 heavy (non-hydrogen) atoms. The lowest BCUT2D eigenvalue weighted by Gasteiger charge is -2.30. The van der Waals surface area contributed by atoms with Crippen molar-refractivity contribution in [1.29, 1.82) is 0 Å². The fourth-order valence-electron chi connectivity index (χ4n) is 2.69. The smallest absolute Gasteiger partial charge is 0.241 e. The third-order valence-corrected chi connectivity index (χ3v) is 4.73. The predicted octanol–water partition coefficient (Wildman–Crippen LogP) is -2.63. The van der Waals surface area contributed by atoms with Crippen molar-refractivity contribution < 1.29 is 23.4 Å². The molecule has 0 heterocycles. The summed E-state index contributed by atoms with van der Waals surface area (Å²) in [6.07, 6.45) is 0.645. The Hall–Kier alpha value is -2.08. The molecule has 0 radical (unpaired) electrons. The van der Waals surface area contributed by atoms with Crippen LogP contribution in [0.15, 0.2) is 0 Å². The molecule has 174 valence electrons. The van der Waals surface area contributed by atoms with E-state index in [1.165, 1.54) is 9.80 Å². The maximum atomic E-state index is 13.0. The zero-order valence-electron chi connectivity index (χ0n) is 21.3. The van der Waals surface area contributed by atoms with Crippen molar-refractivity contribution in [3.8, 4) is 0 Å². The van der Waals surface area contributed by atoms with Crippen molar-refractivity contribution in [3.05, 3.63) is 0 Å². The molecule has 0 aromatic rings. The van der Waals surface area contributed by atoms with E-state index in [1.54, 1.807) is 20.9 Å². The number of carbonyl (C=O) groups is 4. The Labute approximate surface area is 183 Å². The molecule has 0 bridgehead atoms. The van der Waals surface area contributed by atoms with Gasteiger partial charge in [-0.15, -0.1) is 0 Å². The standard InChI is InChI=1S/C19H39N7O4/c1-4-14(27)6-7-17(28)24-8-9-26(19(30)16(13-21)23-3)11-10-25(5-2)18(29)15(22)12-20/h15-16,23H,4-13,20-22H2,1-3H3,(H,24,28)/i/hD3. The lowest BCUT2D eigenvalue weighted by Crippen LogP contribution is -2.54. The molecule has 0 spiro atoms. The third-order valence-electron chi connectivity index (χ3n) is 4.73. The fraction of sp³-hybridized carbons (Fsp3) is 0.789. The van der Waals surface area contributed by atoms with Gasteiger partial charge in [0.2, 0.25) is 17.7 Å². The molecule has 2 unspecified atom stereocenters. The van der Waals surface area contributed by atoms with Gasteiger partial charge in [-0.3, -0.25) is 19.2 Å². The Morgan fingerprint density at radius 3 is 2.23 bits per heavy atom. The second kappa shape index (κ2) is 15.7. The third kappa shape index (κ3) is 10.1. The second-order valence-corrected chi connectivity index (χ2v) is 6.79. The molecular formula is C19H39N7O4. The van der Waals surface area contributed by atoms with Crippen LogP contribution in [-0.4, -0.2) is 98.2 Å². The minimum atomic E-state index is -0.894. The maximum Gasteiger partial charge on any atom is 0.241 e. The van der Waals surface area contributed by atoms with Crippen molar-refractivity contribution in [3.63, 3.8) is 0 Å². The number of nitrogens with zero attached hydrogens (tertiary/aromatic N) is 2. The number of nitrogens with two attached hydrogens (primary N) is 3. The Bertz CT molecular complexity index is 616. The molecule has 0 aromatic carbocycles. The van der Waals surface area contributed by atoms with Crippen LogP contribution in [0, 0.1) is 0 Å². The number of amides is 3. The molecule has 0 aliphatic carbocycles. The zero-order chi connectivity index (χ0) is 25.2. The number of rotatable bonds is 19. The molecule has 2 atom stereocenters. The van der Waals surface area contributed by atoms with E-state index in [2.05, 4.69) is 27.8 Å². The average molecular weight is 433 g/mol. The van der Waals surface area contributed by atoms with Gasteiger partial charge in [-0.25, -0.2) is 0 Å². The van der Waals surface area contributed by atoms with Gasteiger partial charge in [0.05, 0.1) is 12.1 Å². The van der Waals surface area contributed by atoms with Gasteiger partial charge in [0.1, 0.15) is 10.0 Å². The highest BCUT2D eigenvalue weighted by atomic mass is 16.2. The van der Waals surface area contributed by atoms with Gasteiger partial charge >= 0.3 is 0 Å². The fourth-order valence-corrected chi connectivity index (χ4v) is 2.69. The molecule has 0 aliphatic heterocycles. The van der Waals surface area contributed by atoms with E-state index in [4.69, 9.17) is 4.24 Å². The van der Waals surface area contributed by atoms with E-state index in [9.17, 15) is 19.2 Å². The van der Waals surface area contributed by atoms with Crippen LogP contribution in [0.4, 0.5) is 0 Å². The van der Waals surface area contributed by atoms with Crippen molar-refractivity contribution >= 4 is 23.5 Å². The molecule has 0 aliphatic rings. The average Bonchev–Trinajstić information content (AvgIpc) is 2.82. The first-order valence-electron chi connectivity index (χ1n) is 11.8. The molecular weight excluding hydrogens is 390 g/mol. The number of hydrogen-bond acceptors (Lipinski definition) is 8. The monoisotopic (exact) mass is 432 g/mol. The minimum absolute atomic E-state index is 0.00660. The molecule has 8 N–H and O–H groups in total. The van der Waals surface area contributed by atoms with Crippen LogP contribution < -0.4 is 27.8 Å².